The van der Waals surface area contributed by atoms with Crippen molar-refractivity contribution in [3.05, 3.63) is 24.3 Å². The molecule has 0 saturated heterocycles. The minimum Gasteiger partial charge on any atom is -0.493 e. The normalized spacial score (nSPS) is 11.1. The topological polar surface area (TPSA) is 75.2 Å². The Morgan fingerprint density at radius 2 is 2.08 bits per heavy atom. The van der Waals surface area contributed by atoms with Crippen LogP contribution in [0, 0.1) is 0 Å². The number of aliphatic imine (C=N–C) groups is 1. The zero-order valence-corrected chi connectivity index (χ0v) is 15.7. The third kappa shape index (κ3) is 8.95. The van der Waals surface area contributed by atoms with Crippen molar-refractivity contribution in [2.45, 2.75) is 19.8 Å². The zero-order valence-electron chi connectivity index (χ0n) is 15.7. The average molecular weight is 350 g/mol. The van der Waals surface area contributed by atoms with Crippen LogP contribution in [-0.2, 0) is 9.53 Å². The highest BCUT2D eigenvalue weighted by Gasteiger charge is 2.04. The molecule has 0 aliphatic carbocycles. The van der Waals surface area contributed by atoms with Gasteiger partial charge in [-0.3, -0.25) is 9.79 Å². The van der Waals surface area contributed by atoms with Crippen LogP contribution in [0.3, 0.4) is 0 Å². The van der Waals surface area contributed by atoms with E-state index in [4.69, 9.17) is 9.47 Å². The van der Waals surface area contributed by atoms with Crippen molar-refractivity contribution in [1.82, 2.24) is 10.2 Å². The summed E-state index contributed by atoms with van der Waals surface area (Å²) in [6, 6.07) is 7.70. The molecule has 1 rings (SSSR count). The van der Waals surface area contributed by atoms with Crippen molar-refractivity contribution in [2.75, 3.05) is 52.8 Å². The van der Waals surface area contributed by atoms with Crippen LogP contribution in [0.2, 0.25) is 0 Å². The number of hydrogen-bond acceptors (Lipinski definition) is 4. The van der Waals surface area contributed by atoms with E-state index in [2.05, 4.69) is 15.6 Å². The monoisotopic (exact) mass is 350 g/mol. The molecule has 25 heavy (non-hydrogen) atoms. The van der Waals surface area contributed by atoms with Gasteiger partial charge in [0.2, 0.25) is 5.91 Å². The van der Waals surface area contributed by atoms with E-state index in [-0.39, 0.29) is 5.91 Å². The highest BCUT2D eigenvalue weighted by Crippen LogP contribution is 2.17. The number of nitrogens with zero attached hydrogens (tertiary/aromatic N) is 2. The van der Waals surface area contributed by atoms with E-state index < -0.39 is 0 Å². The van der Waals surface area contributed by atoms with Crippen molar-refractivity contribution in [1.29, 1.82) is 0 Å². The molecule has 7 nitrogen and oxygen atoms in total. The molecular weight excluding hydrogens is 320 g/mol. The number of benzene rings is 1. The number of hydrogen-bond donors (Lipinski definition) is 2. The quantitative estimate of drug-likeness (QED) is 0.383. The number of methoxy groups -OCH3 is 1. The lowest BCUT2D eigenvalue weighted by Gasteiger charge is -2.13. The lowest BCUT2D eigenvalue weighted by atomic mass is 10.3. The van der Waals surface area contributed by atoms with Gasteiger partial charge >= 0.3 is 0 Å². The molecule has 0 saturated carbocycles. The molecule has 0 radical (unpaired) electrons. The molecule has 0 aliphatic rings. The summed E-state index contributed by atoms with van der Waals surface area (Å²) in [5.74, 6) is 1.50. The molecule has 1 aromatic rings. The average Bonchev–Trinajstić information content (AvgIpc) is 2.59. The largest absolute Gasteiger partial charge is 0.493 e. The lowest BCUT2D eigenvalue weighted by Crippen LogP contribution is -2.31. The third-order valence-electron chi connectivity index (χ3n) is 3.30. The van der Waals surface area contributed by atoms with Gasteiger partial charge in [-0.1, -0.05) is 6.07 Å². The van der Waals surface area contributed by atoms with Gasteiger partial charge in [0.05, 0.1) is 13.2 Å². The Morgan fingerprint density at radius 1 is 1.28 bits per heavy atom. The Hall–Kier alpha value is -2.28. The second-order valence-electron chi connectivity index (χ2n) is 5.65. The standard InChI is InChI=1S/C18H30N4O3/c1-5-19-18(20-11-10-17(23)22(2)3)21-15-8-6-9-16(14-15)25-13-7-12-24-4/h6,8-9,14H,5,7,10-13H2,1-4H3,(H2,19,20,21). The minimum absolute atomic E-state index is 0.0612. The van der Waals surface area contributed by atoms with Crippen molar-refractivity contribution in [2.24, 2.45) is 4.99 Å². The highest BCUT2D eigenvalue weighted by atomic mass is 16.5. The predicted octanol–water partition coefficient (Wildman–Crippen LogP) is 1.96. The van der Waals surface area contributed by atoms with Crippen LogP contribution < -0.4 is 15.4 Å². The molecule has 1 amide bonds. The summed E-state index contributed by atoms with van der Waals surface area (Å²) in [6.45, 7) is 4.46. The summed E-state index contributed by atoms with van der Waals surface area (Å²) in [6.07, 6.45) is 1.23. The number of carbonyl (C=O) groups is 1. The Balaban J connectivity index is 2.60. The summed E-state index contributed by atoms with van der Waals surface area (Å²) in [4.78, 5) is 17.6. The van der Waals surface area contributed by atoms with E-state index in [9.17, 15) is 4.79 Å². The number of anilines is 1. The third-order valence-corrected chi connectivity index (χ3v) is 3.30. The lowest BCUT2D eigenvalue weighted by molar-refractivity contribution is -0.128. The van der Waals surface area contributed by atoms with Gasteiger partial charge in [-0.15, -0.1) is 0 Å². The second-order valence-corrected chi connectivity index (χ2v) is 5.65. The number of carbonyl (C=O) groups excluding carboxylic acids is 1. The fourth-order valence-corrected chi connectivity index (χ4v) is 1.99. The van der Waals surface area contributed by atoms with Gasteiger partial charge in [0.1, 0.15) is 5.75 Å². The van der Waals surface area contributed by atoms with E-state index in [1.54, 1.807) is 26.1 Å². The van der Waals surface area contributed by atoms with Crippen LogP contribution in [0.15, 0.2) is 29.3 Å². The smallest absolute Gasteiger partial charge is 0.223 e. The zero-order chi connectivity index (χ0) is 18.5. The van der Waals surface area contributed by atoms with E-state index >= 15 is 0 Å². The minimum atomic E-state index is 0.0612. The van der Waals surface area contributed by atoms with Gasteiger partial charge in [-0.25, -0.2) is 0 Å². The summed E-state index contributed by atoms with van der Waals surface area (Å²) >= 11 is 0. The molecule has 0 aliphatic heterocycles. The molecule has 7 heteroatoms. The first-order valence-electron chi connectivity index (χ1n) is 8.54. The highest BCUT2D eigenvalue weighted by molar-refractivity contribution is 5.93. The van der Waals surface area contributed by atoms with Crippen LogP contribution in [0.25, 0.3) is 0 Å². The van der Waals surface area contributed by atoms with Crippen molar-refractivity contribution < 1.29 is 14.3 Å². The Kier molecular flexibility index (Phi) is 10.1. The van der Waals surface area contributed by atoms with Crippen LogP contribution in [-0.4, -0.2) is 64.3 Å². The maximum absolute atomic E-state index is 11.6. The first-order chi connectivity index (χ1) is 12.1. The molecule has 0 bridgehead atoms. The van der Waals surface area contributed by atoms with E-state index in [1.165, 1.54) is 0 Å². The van der Waals surface area contributed by atoms with Crippen LogP contribution >= 0.6 is 0 Å². The Labute approximate surface area is 150 Å². The number of ether oxygens (including phenoxy) is 2. The number of guanidine groups is 1. The van der Waals surface area contributed by atoms with Crippen molar-refractivity contribution >= 4 is 17.6 Å². The predicted molar refractivity (Wildman–Crippen MR) is 101 cm³/mol. The maximum atomic E-state index is 11.6. The molecule has 2 N–H and O–H groups in total. The first-order valence-corrected chi connectivity index (χ1v) is 8.54. The van der Waals surface area contributed by atoms with E-state index in [0.29, 0.717) is 32.1 Å². The van der Waals surface area contributed by atoms with Gasteiger partial charge < -0.3 is 25.0 Å². The molecule has 0 atom stereocenters. The number of nitrogens with one attached hydrogen (secondary N) is 2. The summed E-state index contributed by atoms with van der Waals surface area (Å²) in [5, 5.41) is 6.40. The fraction of sp³-hybridized carbons (Fsp3) is 0.556. The van der Waals surface area contributed by atoms with Gasteiger partial charge in [-0.05, 0) is 19.1 Å². The summed E-state index contributed by atoms with van der Waals surface area (Å²) in [5.41, 5.74) is 0.878. The molecule has 0 aromatic heterocycles. The number of amides is 1. The summed E-state index contributed by atoms with van der Waals surface area (Å²) < 4.78 is 10.7. The molecule has 0 fully saturated rings. The molecule has 1 aromatic carbocycles. The molecule has 0 heterocycles. The molecule has 0 spiro atoms. The first kappa shape index (κ1) is 20.8. The van der Waals surface area contributed by atoms with Crippen molar-refractivity contribution in [3.63, 3.8) is 0 Å². The molecule has 0 unspecified atom stereocenters. The Bertz CT molecular complexity index is 547. The van der Waals surface area contributed by atoms with Crippen LogP contribution in [0.4, 0.5) is 5.69 Å². The van der Waals surface area contributed by atoms with Gasteiger partial charge in [0.15, 0.2) is 5.96 Å². The van der Waals surface area contributed by atoms with Gasteiger partial charge in [0, 0.05) is 59.0 Å². The number of rotatable bonds is 10. The fourth-order valence-electron chi connectivity index (χ4n) is 1.99. The van der Waals surface area contributed by atoms with Gasteiger partial charge in [0.25, 0.3) is 0 Å². The summed E-state index contributed by atoms with van der Waals surface area (Å²) in [7, 11) is 5.17. The van der Waals surface area contributed by atoms with E-state index in [0.717, 1.165) is 24.4 Å². The van der Waals surface area contributed by atoms with Crippen LogP contribution in [0.1, 0.15) is 19.8 Å². The maximum Gasteiger partial charge on any atom is 0.223 e. The van der Waals surface area contributed by atoms with Gasteiger partial charge in [-0.2, -0.15) is 0 Å². The molecular formula is C18H30N4O3. The Morgan fingerprint density at radius 3 is 2.76 bits per heavy atom. The van der Waals surface area contributed by atoms with Crippen molar-refractivity contribution in [3.8, 4) is 5.75 Å². The molecule has 140 valence electrons. The SMILES string of the molecule is CCNC(=NCCC(=O)N(C)C)Nc1cccc(OCCCOC)c1. The van der Waals surface area contributed by atoms with E-state index in [1.807, 2.05) is 31.2 Å². The van der Waals surface area contributed by atoms with Crippen LogP contribution in [0.5, 0.6) is 5.75 Å². The second kappa shape index (κ2) is 12.1.